The second-order valence-corrected chi connectivity index (χ2v) is 11.3. The number of aliphatic carboxylic acids is 1. The highest BCUT2D eigenvalue weighted by Gasteiger charge is 2.47. The molecule has 0 aromatic heterocycles. The average Bonchev–Trinajstić information content (AvgIpc) is 3.57. The maximum atomic E-state index is 13.7. The molecule has 224 valence electrons. The van der Waals surface area contributed by atoms with Crippen LogP contribution in [0.4, 0.5) is 0 Å². The van der Waals surface area contributed by atoms with Gasteiger partial charge in [0.05, 0.1) is 19.6 Å². The molecule has 9 nitrogen and oxygen atoms in total. The SMILES string of the molecule is CCCCN(CCCN(C)C)C(=O)CN1C[C@H](c2ccc3c(c2)OCO3)C(C(=O)O)[C@@H]1CCc1ccccc1OC. The highest BCUT2D eigenvalue weighted by atomic mass is 16.7. The number of unbranched alkanes of at least 4 members (excludes halogenated alkanes) is 1. The molecule has 1 saturated heterocycles. The number of hydrogen-bond acceptors (Lipinski definition) is 7. The van der Waals surface area contributed by atoms with Crippen LogP contribution >= 0.6 is 0 Å². The van der Waals surface area contributed by atoms with E-state index in [1.807, 2.05) is 61.5 Å². The number of aryl methyl sites for hydroxylation is 1. The third-order valence-electron chi connectivity index (χ3n) is 8.27. The van der Waals surface area contributed by atoms with Gasteiger partial charge in [-0.05, 0) is 75.6 Å². The lowest BCUT2D eigenvalue weighted by atomic mass is 9.83. The van der Waals surface area contributed by atoms with Crippen LogP contribution in [-0.2, 0) is 16.0 Å². The average molecular weight is 568 g/mol. The number of likely N-dealkylation sites (tertiary alicyclic amines) is 1. The summed E-state index contributed by atoms with van der Waals surface area (Å²) in [6.07, 6.45) is 4.11. The Hall–Kier alpha value is -3.30. The van der Waals surface area contributed by atoms with E-state index < -0.39 is 11.9 Å². The van der Waals surface area contributed by atoms with Crippen LogP contribution in [0.25, 0.3) is 0 Å². The second-order valence-electron chi connectivity index (χ2n) is 11.3. The molecule has 2 aliphatic rings. The summed E-state index contributed by atoms with van der Waals surface area (Å²) >= 11 is 0. The molecule has 9 heteroatoms. The van der Waals surface area contributed by atoms with Crippen LogP contribution in [0.15, 0.2) is 42.5 Å². The summed E-state index contributed by atoms with van der Waals surface area (Å²) in [7, 11) is 5.73. The lowest BCUT2D eigenvalue weighted by Crippen LogP contribution is -2.45. The summed E-state index contributed by atoms with van der Waals surface area (Å²) in [4.78, 5) is 32.8. The van der Waals surface area contributed by atoms with Crippen molar-refractivity contribution in [1.29, 1.82) is 0 Å². The van der Waals surface area contributed by atoms with Crippen molar-refractivity contribution in [3.05, 3.63) is 53.6 Å². The van der Waals surface area contributed by atoms with E-state index in [0.717, 1.165) is 49.2 Å². The smallest absolute Gasteiger partial charge is 0.308 e. The summed E-state index contributed by atoms with van der Waals surface area (Å²) in [5.41, 5.74) is 1.93. The Bertz CT molecular complexity index is 1170. The summed E-state index contributed by atoms with van der Waals surface area (Å²) in [6.45, 7) is 5.31. The molecule has 3 atom stereocenters. The van der Waals surface area contributed by atoms with Gasteiger partial charge < -0.3 is 29.1 Å². The standard InChI is InChI=1S/C32H45N3O6/c1-5-6-17-34(18-9-16-33(2)3)30(36)21-35-20-25(24-13-15-28-29(19-24)41-22-40-28)31(32(37)38)26(35)14-12-23-10-7-8-11-27(23)39-4/h7-8,10-11,13,15,19,25-26,31H,5-6,9,12,14,16-18,20-22H2,1-4H3,(H,37,38)/t25-,26+,31?/m1/s1. The summed E-state index contributed by atoms with van der Waals surface area (Å²) in [5.74, 6) is 0.363. The molecule has 1 fully saturated rings. The summed E-state index contributed by atoms with van der Waals surface area (Å²) in [5, 5.41) is 10.5. The van der Waals surface area contributed by atoms with Crippen molar-refractivity contribution in [3.8, 4) is 17.2 Å². The van der Waals surface area contributed by atoms with Crippen LogP contribution in [0.5, 0.6) is 17.2 Å². The van der Waals surface area contributed by atoms with E-state index in [4.69, 9.17) is 14.2 Å². The first kappa shape index (κ1) is 30.7. The van der Waals surface area contributed by atoms with Crippen LogP contribution in [0.2, 0.25) is 0 Å². The number of para-hydroxylation sites is 1. The fourth-order valence-electron chi connectivity index (χ4n) is 6.11. The highest BCUT2D eigenvalue weighted by Crippen LogP contribution is 2.43. The van der Waals surface area contributed by atoms with Gasteiger partial charge in [-0.15, -0.1) is 0 Å². The largest absolute Gasteiger partial charge is 0.496 e. The second kappa shape index (κ2) is 14.5. The van der Waals surface area contributed by atoms with Gasteiger partial charge >= 0.3 is 5.97 Å². The zero-order chi connectivity index (χ0) is 29.4. The van der Waals surface area contributed by atoms with Gasteiger partial charge in [-0.25, -0.2) is 0 Å². The van der Waals surface area contributed by atoms with Crippen LogP contribution in [0.1, 0.15) is 49.7 Å². The van der Waals surface area contributed by atoms with Crippen molar-refractivity contribution < 1.29 is 28.9 Å². The summed E-state index contributed by atoms with van der Waals surface area (Å²) in [6, 6.07) is 13.2. The number of hydrogen-bond donors (Lipinski definition) is 1. The Kier molecular flexibility index (Phi) is 10.9. The maximum Gasteiger partial charge on any atom is 0.308 e. The predicted octanol–water partition coefficient (Wildman–Crippen LogP) is 4.11. The molecule has 4 rings (SSSR count). The predicted molar refractivity (Wildman–Crippen MR) is 158 cm³/mol. The number of amides is 1. The molecule has 2 heterocycles. The molecule has 0 aliphatic carbocycles. The van der Waals surface area contributed by atoms with Gasteiger partial charge in [0.1, 0.15) is 5.75 Å². The minimum atomic E-state index is -0.846. The van der Waals surface area contributed by atoms with E-state index in [-0.39, 0.29) is 31.2 Å². The molecular formula is C32H45N3O6. The number of fused-ring (bicyclic) bond motifs is 1. The van der Waals surface area contributed by atoms with Gasteiger partial charge in [0.2, 0.25) is 12.7 Å². The number of ether oxygens (including phenoxy) is 3. The quantitative estimate of drug-likeness (QED) is 0.344. The molecule has 1 unspecified atom stereocenters. The van der Waals surface area contributed by atoms with Gasteiger partial charge in [-0.1, -0.05) is 37.6 Å². The van der Waals surface area contributed by atoms with E-state index in [0.29, 0.717) is 37.4 Å². The third kappa shape index (κ3) is 7.71. The molecule has 41 heavy (non-hydrogen) atoms. The van der Waals surface area contributed by atoms with Crippen molar-refractivity contribution in [3.63, 3.8) is 0 Å². The first-order valence-electron chi connectivity index (χ1n) is 14.7. The Morgan fingerprint density at radius 3 is 2.54 bits per heavy atom. The number of carboxylic acid groups (broad SMARTS) is 1. The lowest BCUT2D eigenvalue weighted by molar-refractivity contribution is -0.143. The van der Waals surface area contributed by atoms with Crippen molar-refractivity contribution in [2.24, 2.45) is 5.92 Å². The first-order chi connectivity index (χ1) is 19.8. The Morgan fingerprint density at radius 2 is 1.80 bits per heavy atom. The number of rotatable bonds is 15. The normalized spacial score (nSPS) is 20.0. The lowest BCUT2D eigenvalue weighted by Gasteiger charge is -2.30. The van der Waals surface area contributed by atoms with E-state index >= 15 is 0 Å². The third-order valence-corrected chi connectivity index (χ3v) is 8.27. The van der Waals surface area contributed by atoms with Crippen LogP contribution in [0.3, 0.4) is 0 Å². The van der Waals surface area contributed by atoms with Gasteiger partial charge in [-0.3, -0.25) is 14.5 Å². The van der Waals surface area contributed by atoms with E-state index in [9.17, 15) is 14.7 Å². The Balaban J connectivity index is 1.59. The molecular weight excluding hydrogens is 522 g/mol. The van der Waals surface area contributed by atoms with Crippen molar-refractivity contribution in [1.82, 2.24) is 14.7 Å². The van der Waals surface area contributed by atoms with Gasteiger partial charge in [0, 0.05) is 31.6 Å². The van der Waals surface area contributed by atoms with Gasteiger partial charge in [0.15, 0.2) is 11.5 Å². The van der Waals surface area contributed by atoms with Crippen LogP contribution in [0, 0.1) is 5.92 Å². The number of carbonyl (C=O) groups is 2. The van der Waals surface area contributed by atoms with Crippen molar-refractivity contribution in [2.45, 2.75) is 51.0 Å². The molecule has 2 aromatic carbocycles. The molecule has 2 aromatic rings. The van der Waals surface area contributed by atoms with E-state index in [1.165, 1.54) is 0 Å². The zero-order valence-electron chi connectivity index (χ0n) is 24.9. The minimum Gasteiger partial charge on any atom is -0.496 e. The van der Waals surface area contributed by atoms with E-state index in [1.54, 1.807) is 7.11 Å². The minimum absolute atomic E-state index is 0.0648. The van der Waals surface area contributed by atoms with E-state index in [2.05, 4.69) is 16.7 Å². The van der Waals surface area contributed by atoms with Crippen LogP contribution < -0.4 is 14.2 Å². The highest BCUT2D eigenvalue weighted by molar-refractivity contribution is 5.79. The molecule has 2 aliphatic heterocycles. The van der Waals surface area contributed by atoms with Gasteiger partial charge in [-0.2, -0.15) is 0 Å². The monoisotopic (exact) mass is 567 g/mol. The van der Waals surface area contributed by atoms with Crippen molar-refractivity contribution >= 4 is 11.9 Å². The molecule has 1 N–H and O–H groups in total. The Morgan fingerprint density at radius 1 is 1.05 bits per heavy atom. The summed E-state index contributed by atoms with van der Waals surface area (Å²) < 4.78 is 16.7. The molecule has 0 bridgehead atoms. The number of carbonyl (C=O) groups excluding carboxylic acids is 1. The Labute approximate surface area is 244 Å². The van der Waals surface area contributed by atoms with Gasteiger partial charge in [0.25, 0.3) is 0 Å². The first-order valence-corrected chi connectivity index (χ1v) is 14.7. The van der Waals surface area contributed by atoms with Crippen molar-refractivity contribution in [2.75, 3.05) is 60.7 Å². The fraction of sp³-hybridized carbons (Fsp3) is 0.562. The number of nitrogens with zero attached hydrogens (tertiary/aromatic N) is 3. The number of benzene rings is 2. The zero-order valence-corrected chi connectivity index (χ0v) is 24.9. The molecule has 0 radical (unpaired) electrons. The molecule has 0 spiro atoms. The molecule has 1 amide bonds. The van der Waals surface area contributed by atoms with Crippen LogP contribution in [-0.4, -0.2) is 98.4 Å². The number of methoxy groups -OCH3 is 1. The fourth-order valence-corrected chi connectivity index (χ4v) is 6.11. The topological polar surface area (TPSA) is 91.8 Å². The number of carboxylic acids is 1. The maximum absolute atomic E-state index is 13.7. The molecule has 0 saturated carbocycles.